The number of aromatic nitrogens is 1. The Morgan fingerprint density at radius 3 is 2.41 bits per heavy atom. The maximum Gasteiger partial charge on any atom is 0.169 e. The van der Waals surface area contributed by atoms with Crippen LogP contribution in [0.4, 0.5) is 14.5 Å². The van der Waals surface area contributed by atoms with Gasteiger partial charge in [-0.15, -0.1) is 11.3 Å². The molecule has 1 aliphatic heterocycles. The van der Waals surface area contributed by atoms with Gasteiger partial charge < -0.3 is 4.90 Å². The Kier molecular flexibility index (Phi) is 4.69. The molecule has 0 bridgehead atoms. The molecule has 140 valence electrons. The first-order valence-corrected chi connectivity index (χ1v) is 11.0. The van der Waals surface area contributed by atoms with E-state index in [1.165, 1.54) is 23.5 Å². The van der Waals surface area contributed by atoms with Crippen molar-refractivity contribution in [3.8, 4) is 21.0 Å². The van der Waals surface area contributed by atoms with E-state index in [1.54, 1.807) is 6.20 Å². The Hall–Kier alpha value is -2.32. The summed E-state index contributed by atoms with van der Waals surface area (Å²) in [5.41, 5.74) is 2.04. The number of nitrogens with zero attached hydrogens (tertiary/aromatic N) is 2. The van der Waals surface area contributed by atoms with Gasteiger partial charge in [-0.25, -0.2) is 22.2 Å². The van der Waals surface area contributed by atoms with Crippen LogP contribution < -0.4 is 4.90 Å². The SMILES string of the molecule is O=S1(=O)CCN(c2ccc(-c3cnc(-c4cccc(F)c4F)s3)cc2)CC1. The second kappa shape index (κ2) is 7.01. The molecule has 2 aromatic carbocycles. The minimum absolute atomic E-state index is 0.150. The lowest BCUT2D eigenvalue weighted by atomic mass is 10.1. The van der Waals surface area contributed by atoms with Crippen LogP contribution in [-0.2, 0) is 9.84 Å². The number of hydrogen-bond acceptors (Lipinski definition) is 5. The molecule has 2 heterocycles. The van der Waals surface area contributed by atoms with Crippen LogP contribution in [0.25, 0.3) is 21.0 Å². The summed E-state index contributed by atoms with van der Waals surface area (Å²) >= 11 is 1.29. The van der Waals surface area contributed by atoms with Crippen molar-refractivity contribution in [1.82, 2.24) is 4.98 Å². The third-order valence-corrected chi connectivity index (χ3v) is 7.24. The summed E-state index contributed by atoms with van der Waals surface area (Å²) < 4.78 is 50.5. The molecule has 1 saturated heterocycles. The molecular weight excluding hydrogens is 390 g/mol. The molecule has 3 aromatic rings. The van der Waals surface area contributed by atoms with Gasteiger partial charge in [0.2, 0.25) is 0 Å². The van der Waals surface area contributed by atoms with Crippen molar-refractivity contribution in [2.24, 2.45) is 0 Å². The molecule has 1 aromatic heterocycles. The van der Waals surface area contributed by atoms with Gasteiger partial charge in [-0.05, 0) is 29.8 Å². The van der Waals surface area contributed by atoms with Gasteiger partial charge in [0.05, 0.1) is 16.4 Å². The van der Waals surface area contributed by atoms with E-state index in [4.69, 9.17) is 0 Å². The average Bonchev–Trinajstić information content (AvgIpc) is 3.14. The number of sulfone groups is 1. The molecule has 0 saturated carbocycles. The number of anilines is 1. The summed E-state index contributed by atoms with van der Waals surface area (Å²) in [7, 11) is -2.91. The minimum Gasteiger partial charge on any atom is -0.369 e. The quantitative estimate of drug-likeness (QED) is 0.660. The normalized spacial score (nSPS) is 16.4. The third-order valence-electron chi connectivity index (χ3n) is 4.55. The highest BCUT2D eigenvalue weighted by molar-refractivity contribution is 7.91. The van der Waals surface area contributed by atoms with Crippen molar-refractivity contribution < 1.29 is 17.2 Å². The van der Waals surface area contributed by atoms with E-state index in [9.17, 15) is 17.2 Å². The van der Waals surface area contributed by atoms with Crippen LogP contribution >= 0.6 is 11.3 Å². The molecule has 4 rings (SSSR count). The highest BCUT2D eigenvalue weighted by Crippen LogP contribution is 2.34. The zero-order chi connectivity index (χ0) is 19.0. The highest BCUT2D eigenvalue weighted by Gasteiger charge is 2.21. The molecule has 0 aliphatic carbocycles. The van der Waals surface area contributed by atoms with Crippen LogP contribution in [0.5, 0.6) is 0 Å². The van der Waals surface area contributed by atoms with Crippen molar-refractivity contribution in [2.45, 2.75) is 0 Å². The monoisotopic (exact) mass is 406 g/mol. The zero-order valence-electron chi connectivity index (χ0n) is 14.2. The Balaban J connectivity index is 1.55. The lowest BCUT2D eigenvalue weighted by Gasteiger charge is -2.28. The van der Waals surface area contributed by atoms with E-state index in [0.717, 1.165) is 22.2 Å². The maximum atomic E-state index is 14.0. The van der Waals surface area contributed by atoms with Gasteiger partial charge >= 0.3 is 0 Å². The molecule has 0 N–H and O–H groups in total. The lowest BCUT2D eigenvalue weighted by Crippen LogP contribution is -2.40. The molecule has 1 aliphatic rings. The van der Waals surface area contributed by atoms with Crippen molar-refractivity contribution in [2.75, 3.05) is 29.5 Å². The molecule has 0 unspecified atom stereocenters. The molecule has 0 spiro atoms. The van der Waals surface area contributed by atoms with Gasteiger partial charge in [0.25, 0.3) is 0 Å². The molecular formula is C19H16F2N2O2S2. The Labute approximate surface area is 160 Å². The van der Waals surface area contributed by atoms with Gasteiger partial charge in [0, 0.05) is 30.5 Å². The lowest BCUT2D eigenvalue weighted by molar-refractivity contribution is 0.511. The summed E-state index contributed by atoms with van der Waals surface area (Å²) in [4.78, 5) is 7.12. The topological polar surface area (TPSA) is 50.3 Å². The Morgan fingerprint density at radius 1 is 1.00 bits per heavy atom. The van der Waals surface area contributed by atoms with Gasteiger partial charge in [-0.1, -0.05) is 18.2 Å². The number of rotatable bonds is 3. The summed E-state index contributed by atoms with van der Waals surface area (Å²) in [6.07, 6.45) is 1.65. The van der Waals surface area contributed by atoms with Crippen LogP contribution in [-0.4, -0.2) is 38.0 Å². The van der Waals surface area contributed by atoms with Gasteiger partial charge in [0.15, 0.2) is 21.5 Å². The summed E-state index contributed by atoms with van der Waals surface area (Å²) in [5, 5.41) is 0.423. The molecule has 0 amide bonds. The van der Waals surface area contributed by atoms with Crippen molar-refractivity contribution >= 4 is 26.9 Å². The first-order chi connectivity index (χ1) is 12.9. The fourth-order valence-electron chi connectivity index (χ4n) is 3.01. The number of thiazole rings is 1. The van der Waals surface area contributed by atoms with Gasteiger partial charge in [-0.2, -0.15) is 0 Å². The van der Waals surface area contributed by atoms with Crippen LogP contribution in [0.1, 0.15) is 0 Å². The van der Waals surface area contributed by atoms with E-state index >= 15 is 0 Å². The molecule has 27 heavy (non-hydrogen) atoms. The van der Waals surface area contributed by atoms with E-state index < -0.39 is 21.5 Å². The number of halogens is 2. The second-order valence-corrected chi connectivity index (χ2v) is 9.65. The number of benzene rings is 2. The second-order valence-electron chi connectivity index (χ2n) is 6.32. The standard InChI is InChI=1S/C19H16F2N2O2S2/c20-16-3-1-2-15(18(16)21)19-22-12-17(26-19)13-4-6-14(7-5-13)23-8-10-27(24,25)11-9-23/h1-7,12H,8-11H2. The summed E-state index contributed by atoms with van der Waals surface area (Å²) in [5.74, 6) is -1.44. The molecule has 8 heteroatoms. The smallest absolute Gasteiger partial charge is 0.169 e. The predicted octanol–water partition coefficient (Wildman–Crippen LogP) is 3.99. The zero-order valence-corrected chi connectivity index (χ0v) is 15.9. The Morgan fingerprint density at radius 2 is 1.70 bits per heavy atom. The Bertz CT molecular complexity index is 1070. The van der Waals surface area contributed by atoms with Crippen LogP contribution in [0, 0.1) is 11.6 Å². The first kappa shape index (κ1) is 18.1. The van der Waals surface area contributed by atoms with E-state index in [2.05, 4.69) is 4.98 Å². The van der Waals surface area contributed by atoms with Crippen molar-refractivity contribution in [1.29, 1.82) is 0 Å². The molecule has 0 radical (unpaired) electrons. The molecule has 4 nitrogen and oxygen atoms in total. The van der Waals surface area contributed by atoms with E-state index in [1.807, 2.05) is 29.2 Å². The van der Waals surface area contributed by atoms with E-state index in [0.29, 0.717) is 18.1 Å². The van der Waals surface area contributed by atoms with E-state index in [-0.39, 0.29) is 17.1 Å². The predicted molar refractivity (Wildman–Crippen MR) is 104 cm³/mol. The number of hydrogen-bond donors (Lipinski definition) is 0. The highest BCUT2D eigenvalue weighted by atomic mass is 32.2. The van der Waals surface area contributed by atoms with Crippen LogP contribution in [0.15, 0.2) is 48.7 Å². The van der Waals surface area contributed by atoms with Crippen LogP contribution in [0.2, 0.25) is 0 Å². The summed E-state index contributed by atoms with van der Waals surface area (Å²) in [6, 6.07) is 11.8. The average molecular weight is 406 g/mol. The van der Waals surface area contributed by atoms with Crippen molar-refractivity contribution in [3.05, 3.63) is 60.3 Å². The minimum atomic E-state index is -2.91. The largest absolute Gasteiger partial charge is 0.369 e. The summed E-state index contributed by atoms with van der Waals surface area (Å²) in [6.45, 7) is 0.983. The molecule has 1 fully saturated rings. The van der Waals surface area contributed by atoms with Crippen LogP contribution in [0.3, 0.4) is 0 Å². The van der Waals surface area contributed by atoms with Gasteiger partial charge in [-0.3, -0.25) is 0 Å². The maximum absolute atomic E-state index is 14.0. The fraction of sp³-hybridized carbons (Fsp3) is 0.211. The fourth-order valence-corrected chi connectivity index (χ4v) is 5.15. The van der Waals surface area contributed by atoms with Crippen molar-refractivity contribution in [3.63, 3.8) is 0 Å². The third kappa shape index (κ3) is 3.72. The van der Waals surface area contributed by atoms with Gasteiger partial charge in [0.1, 0.15) is 5.01 Å². The molecule has 0 atom stereocenters. The first-order valence-electron chi connectivity index (χ1n) is 8.39.